The predicted octanol–water partition coefficient (Wildman–Crippen LogP) is 6.67. The Morgan fingerprint density at radius 1 is 1.10 bits per heavy atom. The number of hydrogen-bond donors (Lipinski definition) is 2. The van der Waals surface area contributed by atoms with Crippen molar-refractivity contribution in [2.75, 3.05) is 31.3 Å². The standard InChI is InChI=1S/C34H41F5N4O5/c1-19-13-22-15-20(2)32(30(45)46,24(14-19)16-22)42-29(44)26-18-40-31(41-28(26)33(35,36)34(37,38)39)43-9-5-23-17-25(3-4-27(23)43)48-12-8-21-6-10-47-11-7-21/h3-4,17-22,24H,5-16H2,1-2H3,(H,42,44)(H,45,46). The highest BCUT2D eigenvalue weighted by atomic mass is 19.4. The maximum Gasteiger partial charge on any atom is 0.459 e. The largest absolute Gasteiger partial charge is 0.494 e. The molecule has 4 aliphatic rings. The van der Waals surface area contributed by atoms with E-state index in [2.05, 4.69) is 15.3 Å². The van der Waals surface area contributed by atoms with E-state index in [4.69, 9.17) is 9.47 Å². The van der Waals surface area contributed by atoms with Crippen LogP contribution in [0.5, 0.6) is 5.75 Å². The lowest BCUT2D eigenvalue weighted by atomic mass is 9.56. The Morgan fingerprint density at radius 3 is 2.56 bits per heavy atom. The number of fused-ring (bicyclic) bond motifs is 3. The predicted molar refractivity (Wildman–Crippen MR) is 164 cm³/mol. The van der Waals surface area contributed by atoms with Gasteiger partial charge in [-0.15, -0.1) is 0 Å². The van der Waals surface area contributed by atoms with Crippen LogP contribution in [0, 0.1) is 29.6 Å². The fourth-order valence-corrected chi connectivity index (χ4v) is 8.41. The summed E-state index contributed by atoms with van der Waals surface area (Å²) >= 11 is 0. The number of alkyl halides is 5. The summed E-state index contributed by atoms with van der Waals surface area (Å²) in [7, 11) is 0. The SMILES string of the molecule is CC1CC2CC(C)C(NC(=O)c3cnc(N4CCc5cc(OCCC6CCOCC6)ccc54)nc3C(F)(F)C(F)(F)F)(C(=O)O)C(C1)C2. The molecule has 2 aromatic rings. The summed E-state index contributed by atoms with van der Waals surface area (Å²) in [6, 6.07) is 5.18. The quantitative estimate of drug-likeness (QED) is 0.283. The zero-order valence-corrected chi connectivity index (χ0v) is 27.0. The van der Waals surface area contributed by atoms with Crippen molar-refractivity contribution in [1.29, 1.82) is 0 Å². The van der Waals surface area contributed by atoms with Crippen LogP contribution in [0.2, 0.25) is 0 Å². The van der Waals surface area contributed by atoms with Crippen molar-refractivity contribution >= 4 is 23.5 Å². The monoisotopic (exact) mass is 680 g/mol. The number of hydrogen-bond acceptors (Lipinski definition) is 7. The minimum absolute atomic E-state index is 0.174. The maximum atomic E-state index is 15.2. The molecule has 1 aromatic carbocycles. The lowest BCUT2D eigenvalue weighted by Crippen LogP contribution is -2.66. The number of benzene rings is 1. The topological polar surface area (TPSA) is 114 Å². The fourth-order valence-electron chi connectivity index (χ4n) is 8.41. The van der Waals surface area contributed by atoms with Crippen molar-refractivity contribution in [3.8, 4) is 5.75 Å². The van der Waals surface area contributed by atoms with Gasteiger partial charge in [-0.3, -0.25) is 4.79 Å². The molecule has 14 heteroatoms. The number of carbonyl (C=O) groups is 2. The summed E-state index contributed by atoms with van der Waals surface area (Å²) in [5.74, 6) is -8.22. The molecule has 48 heavy (non-hydrogen) atoms. The summed E-state index contributed by atoms with van der Waals surface area (Å²) in [5, 5.41) is 12.9. The van der Waals surface area contributed by atoms with Gasteiger partial charge < -0.3 is 24.8 Å². The highest BCUT2D eigenvalue weighted by molar-refractivity contribution is 5.99. The third-order valence-electron chi connectivity index (χ3n) is 10.8. The Labute approximate surface area is 275 Å². The van der Waals surface area contributed by atoms with E-state index in [1.54, 1.807) is 25.1 Å². The molecule has 5 unspecified atom stereocenters. The number of carboxylic acid groups (broad SMARTS) is 1. The molecule has 1 aromatic heterocycles. The molecule has 1 amide bonds. The van der Waals surface area contributed by atoms with Gasteiger partial charge in [0.15, 0.2) is 0 Å². The molecule has 2 aliphatic carbocycles. The van der Waals surface area contributed by atoms with E-state index in [9.17, 15) is 27.9 Å². The molecule has 2 bridgehead atoms. The van der Waals surface area contributed by atoms with Gasteiger partial charge in [-0.25, -0.2) is 14.8 Å². The van der Waals surface area contributed by atoms with E-state index in [-0.39, 0.29) is 18.4 Å². The first kappa shape index (κ1) is 34.3. The first-order valence-corrected chi connectivity index (χ1v) is 16.7. The molecule has 9 nitrogen and oxygen atoms in total. The highest BCUT2D eigenvalue weighted by Gasteiger charge is 2.62. The summed E-state index contributed by atoms with van der Waals surface area (Å²) in [6.07, 6.45) is 0.223. The van der Waals surface area contributed by atoms with Crippen LogP contribution in [-0.4, -0.2) is 65.0 Å². The van der Waals surface area contributed by atoms with Crippen LogP contribution in [0.25, 0.3) is 0 Å². The molecule has 3 heterocycles. The van der Waals surface area contributed by atoms with Crippen LogP contribution in [0.15, 0.2) is 24.4 Å². The normalized spacial score (nSPS) is 27.8. The molecule has 262 valence electrons. The number of anilines is 2. The number of halogens is 5. The summed E-state index contributed by atoms with van der Waals surface area (Å²) < 4.78 is 83.2. The lowest BCUT2D eigenvalue weighted by Gasteiger charge is -2.52. The van der Waals surface area contributed by atoms with Crippen molar-refractivity contribution in [3.63, 3.8) is 0 Å². The van der Waals surface area contributed by atoms with Crippen molar-refractivity contribution in [1.82, 2.24) is 15.3 Å². The second kappa shape index (κ2) is 13.1. The number of aromatic nitrogens is 2. The Bertz CT molecular complexity index is 1530. The summed E-state index contributed by atoms with van der Waals surface area (Å²) in [6.45, 7) is 5.85. The van der Waals surface area contributed by atoms with Crippen LogP contribution >= 0.6 is 0 Å². The Morgan fingerprint density at radius 2 is 1.85 bits per heavy atom. The molecular formula is C34H41F5N4O5. The van der Waals surface area contributed by atoms with Crippen LogP contribution in [0.4, 0.5) is 33.6 Å². The highest BCUT2D eigenvalue weighted by Crippen LogP contribution is 2.51. The van der Waals surface area contributed by atoms with Gasteiger partial charge in [-0.2, -0.15) is 22.0 Å². The smallest absolute Gasteiger partial charge is 0.459 e. The maximum absolute atomic E-state index is 15.2. The molecule has 2 saturated carbocycles. The third kappa shape index (κ3) is 6.32. The molecule has 3 fully saturated rings. The van der Waals surface area contributed by atoms with E-state index in [0.29, 0.717) is 55.8 Å². The third-order valence-corrected chi connectivity index (χ3v) is 10.8. The van der Waals surface area contributed by atoms with E-state index < -0.39 is 58.6 Å². The molecule has 6 rings (SSSR count). The summed E-state index contributed by atoms with van der Waals surface area (Å²) in [5.41, 5.74) is -3.48. The number of amides is 1. The van der Waals surface area contributed by atoms with E-state index in [0.717, 1.165) is 44.5 Å². The average molecular weight is 681 g/mol. The van der Waals surface area contributed by atoms with Crippen LogP contribution in [-0.2, 0) is 21.9 Å². The molecule has 5 atom stereocenters. The molecule has 0 spiro atoms. The van der Waals surface area contributed by atoms with Gasteiger partial charge in [0, 0.05) is 31.6 Å². The van der Waals surface area contributed by atoms with Gasteiger partial charge >= 0.3 is 18.1 Å². The zero-order valence-electron chi connectivity index (χ0n) is 27.0. The van der Waals surface area contributed by atoms with Crippen LogP contribution < -0.4 is 15.0 Å². The van der Waals surface area contributed by atoms with Crippen LogP contribution in [0.3, 0.4) is 0 Å². The Balaban J connectivity index is 1.27. The zero-order chi connectivity index (χ0) is 34.4. The van der Waals surface area contributed by atoms with Crippen LogP contribution in [0.1, 0.15) is 80.4 Å². The van der Waals surface area contributed by atoms with Crippen molar-refractivity contribution in [2.24, 2.45) is 29.6 Å². The van der Waals surface area contributed by atoms with Gasteiger partial charge in [0.25, 0.3) is 5.91 Å². The first-order valence-electron chi connectivity index (χ1n) is 16.7. The van der Waals surface area contributed by atoms with Crippen molar-refractivity contribution < 1.29 is 46.1 Å². The lowest BCUT2D eigenvalue weighted by molar-refractivity contribution is -0.291. The van der Waals surface area contributed by atoms with Gasteiger partial charge in [0.05, 0.1) is 12.2 Å². The number of ether oxygens (including phenoxy) is 2. The van der Waals surface area contributed by atoms with E-state index in [1.807, 2.05) is 6.92 Å². The first-order chi connectivity index (χ1) is 22.7. The van der Waals surface area contributed by atoms with Crippen molar-refractivity contribution in [2.45, 2.75) is 82.9 Å². The molecular weight excluding hydrogens is 639 g/mol. The minimum Gasteiger partial charge on any atom is -0.494 e. The second-order valence-electron chi connectivity index (χ2n) is 14.0. The number of nitrogens with one attached hydrogen (secondary N) is 1. The Kier molecular flexibility index (Phi) is 9.33. The number of carboxylic acids is 1. The van der Waals surface area contributed by atoms with E-state index >= 15 is 8.78 Å². The second-order valence-corrected chi connectivity index (χ2v) is 14.0. The molecule has 0 radical (unpaired) electrons. The van der Waals surface area contributed by atoms with Gasteiger partial charge in [0.1, 0.15) is 17.0 Å². The van der Waals surface area contributed by atoms with Gasteiger partial charge in [0.2, 0.25) is 5.95 Å². The fraction of sp³-hybridized carbons (Fsp3) is 0.647. The minimum atomic E-state index is -6.08. The number of carbonyl (C=O) groups excluding carboxylic acids is 1. The van der Waals surface area contributed by atoms with E-state index in [1.165, 1.54) is 4.90 Å². The summed E-state index contributed by atoms with van der Waals surface area (Å²) in [4.78, 5) is 35.7. The molecule has 2 aliphatic heterocycles. The molecule has 1 saturated heterocycles. The number of aliphatic carboxylic acids is 1. The Hall–Kier alpha value is -3.55. The van der Waals surface area contributed by atoms with Gasteiger partial charge in [-0.1, -0.05) is 13.8 Å². The number of rotatable bonds is 9. The van der Waals surface area contributed by atoms with Gasteiger partial charge in [-0.05, 0) is 105 Å². The number of nitrogens with zero attached hydrogens (tertiary/aromatic N) is 3. The average Bonchev–Trinajstić information content (AvgIpc) is 3.45. The molecule has 2 N–H and O–H groups in total. The van der Waals surface area contributed by atoms with Crippen molar-refractivity contribution in [3.05, 3.63) is 41.2 Å².